The van der Waals surface area contributed by atoms with Gasteiger partial charge in [-0.3, -0.25) is 19.2 Å². The number of halogens is 1. The Balaban J connectivity index is 1.42. The van der Waals surface area contributed by atoms with E-state index in [0.29, 0.717) is 21.8 Å². The molecule has 0 N–H and O–H groups in total. The lowest BCUT2D eigenvalue weighted by molar-refractivity contribution is 0.0902. The molecule has 0 aliphatic carbocycles. The lowest BCUT2D eigenvalue weighted by Gasteiger charge is -2.20. The summed E-state index contributed by atoms with van der Waals surface area (Å²) in [6.45, 7) is 0.261. The minimum Gasteiger partial charge on any atom is -0.461 e. The van der Waals surface area contributed by atoms with Crippen molar-refractivity contribution in [1.29, 1.82) is 0 Å². The fraction of sp³-hybridized carbons (Fsp3) is 0.207. The summed E-state index contributed by atoms with van der Waals surface area (Å²) in [5.74, 6) is -1.36. The molecule has 7 nitrogen and oxygen atoms in total. The van der Waals surface area contributed by atoms with Gasteiger partial charge in [-0.2, -0.15) is 0 Å². The number of aromatic nitrogens is 1. The summed E-state index contributed by atoms with van der Waals surface area (Å²) in [6, 6.07) is 16.3. The maximum absolute atomic E-state index is 14.5. The number of benzene rings is 1. The molecule has 0 atom stereocenters. The molecule has 9 heteroatoms. The number of hydrogen-bond donors (Lipinski definition) is 0. The van der Waals surface area contributed by atoms with Gasteiger partial charge in [0.15, 0.2) is 34.7 Å². The van der Waals surface area contributed by atoms with E-state index < -0.39 is 11.6 Å². The van der Waals surface area contributed by atoms with Crippen molar-refractivity contribution in [3.05, 3.63) is 106 Å². The number of ketones is 4. The van der Waals surface area contributed by atoms with Gasteiger partial charge in [-0.05, 0) is 41.3 Å². The Bertz CT molecular complexity index is 1450. The van der Waals surface area contributed by atoms with Gasteiger partial charge in [0.25, 0.3) is 0 Å². The minimum absolute atomic E-state index is 0.0243. The monoisotopic (exact) mass is 532 g/mol. The van der Waals surface area contributed by atoms with Crippen molar-refractivity contribution < 1.29 is 28.0 Å². The molecular formula is C29H25FN2O5S. The third-order valence-electron chi connectivity index (χ3n) is 5.96. The molecule has 0 amide bonds. The fourth-order valence-corrected chi connectivity index (χ4v) is 4.63. The number of pyridine rings is 1. The Kier molecular flexibility index (Phi) is 8.70. The molecule has 0 saturated heterocycles. The summed E-state index contributed by atoms with van der Waals surface area (Å²) in [6.07, 6.45) is 1.28. The van der Waals surface area contributed by atoms with Gasteiger partial charge in [0.1, 0.15) is 11.5 Å². The highest BCUT2D eigenvalue weighted by Crippen LogP contribution is 2.21. The standard InChI is InChI=1S/C29H25FN2O5S/c1-32(18-19-6-2-3-7-20(19)22(33)11-12-23(34)26-8-4-16-37-26)28-15-10-21(30)29(31-28)25(36)14-13-24(35)27-9-5-17-38-27/h2-10,15-17H,11-14,18H2,1H3. The molecule has 4 rings (SSSR count). The molecule has 0 aliphatic heterocycles. The van der Waals surface area contributed by atoms with Gasteiger partial charge in [0.2, 0.25) is 0 Å². The molecule has 0 unspecified atom stereocenters. The van der Waals surface area contributed by atoms with Crippen LogP contribution in [0.4, 0.5) is 10.2 Å². The lowest BCUT2D eigenvalue weighted by Crippen LogP contribution is -2.21. The van der Waals surface area contributed by atoms with Gasteiger partial charge in [0, 0.05) is 44.8 Å². The maximum Gasteiger partial charge on any atom is 0.198 e. The van der Waals surface area contributed by atoms with Crippen LogP contribution in [0, 0.1) is 5.82 Å². The predicted molar refractivity (Wildman–Crippen MR) is 142 cm³/mol. The highest BCUT2D eigenvalue weighted by Gasteiger charge is 2.20. The van der Waals surface area contributed by atoms with Crippen LogP contribution in [0.25, 0.3) is 0 Å². The van der Waals surface area contributed by atoms with Gasteiger partial charge >= 0.3 is 0 Å². The largest absolute Gasteiger partial charge is 0.461 e. The van der Waals surface area contributed by atoms with Crippen LogP contribution in [0.1, 0.15) is 72.3 Å². The smallest absolute Gasteiger partial charge is 0.198 e. The average molecular weight is 533 g/mol. The van der Waals surface area contributed by atoms with Crippen LogP contribution in [0.15, 0.2) is 76.7 Å². The molecule has 0 fully saturated rings. The quantitative estimate of drug-likeness (QED) is 0.189. The van der Waals surface area contributed by atoms with Crippen molar-refractivity contribution in [3.8, 4) is 0 Å². The number of rotatable bonds is 13. The van der Waals surface area contributed by atoms with E-state index in [1.165, 1.54) is 29.7 Å². The summed E-state index contributed by atoms with van der Waals surface area (Å²) in [7, 11) is 1.72. The molecule has 0 aliphatic rings. The van der Waals surface area contributed by atoms with E-state index in [0.717, 1.165) is 0 Å². The highest BCUT2D eigenvalue weighted by molar-refractivity contribution is 7.12. The first-order chi connectivity index (χ1) is 18.3. The molecule has 194 valence electrons. The van der Waals surface area contributed by atoms with Crippen LogP contribution in [0.2, 0.25) is 0 Å². The van der Waals surface area contributed by atoms with Crippen molar-refractivity contribution in [2.24, 2.45) is 0 Å². The predicted octanol–water partition coefficient (Wildman–Crippen LogP) is 6.20. The van der Waals surface area contributed by atoms with Crippen molar-refractivity contribution in [3.63, 3.8) is 0 Å². The van der Waals surface area contributed by atoms with Crippen molar-refractivity contribution in [2.45, 2.75) is 32.2 Å². The van der Waals surface area contributed by atoms with Crippen molar-refractivity contribution in [2.75, 3.05) is 11.9 Å². The Morgan fingerprint density at radius 2 is 1.58 bits per heavy atom. The van der Waals surface area contributed by atoms with E-state index in [4.69, 9.17) is 4.42 Å². The average Bonchev–Trinajstić information content (AvgIpc) is 3.66. The van der Waals surface area contributed by atoms with Crippen LogP contribution < -0.4 is 4.90 Å². The van der Waals surface area contributed by atoms with Crippen LogP contribution in [-0.4, -0.2) is 35.2 Å². The molecule has 0 radical (unpaired) electrons. The van der Waals surface area contributed by atoms with Crippen molar-refractivity contribution in [1.82, 2.24) is 4.98 Å². The van der Waals surface area contributed by atoms with Crippen LogP contribution in [-0.2, 0) is 6.54 Å². The second-order valence-electron chi connectivity index (χ2n) is 8.66. The van der Waals surface area contributed by atoms with E-state index in [1.54, 1.807) is 65.9 Å². The molecule has 3 heterocycles. The molecule has 38 heavy (non-hydrogen) atoms. The fourth-order valence-electron chi connectivity index (χ4n) is 3.93. The summed E-state index contributed by atoms with van der Waals surface area (Å²) in [4.78, 5) is 56.5. The maximum atomic E-state index is 14.5. The molecular weight excluding hydrogens is 507 g/mol. The molecule has 1 aromatic carbocycles. The Labute approximate surface area is 222 Å². The Morgan fingerprint density at radius 1 is 0.842 bits per heavy atom. The second kappa shape index (κ2) is 12.3. The number of Topliss-reactive ketones (excluding diaryl/α,β-unsaturated/α-hetero) is 4. The number of thiophene rings is 1. The lowest BCUT2D eigenvalue weighted by atomic mass is 9.99. The summed E-state index contributed by atoms with van der Waals surface area (Å²) in [5.41, 5.74) is 0.845. The van der Waals surface area contributed by atoms with Gasteiger partial charge in [0.05, 0.1) is 11.1 Å². The van der Waals surface area contributed by atoms with E-state index in [-0.39, 0.29) is 61.0 Å². The zero-order chi connectivity index (χ0) is 27.1. The first-order valence-corrected chi connectivity index (χ1v) is 12.9. The third-order valence-corrected chi connectivity index (χ3v) is 6.87. The Hall–Kier alpha value is -4.24. The van der Waals surface area contributed by atoms with Gasteiger partial charge < -0.3 is 9.32 Å². The van der Waals surface area contributed by atoms with Crippen molar-refractivity contribution >= 4 is 40.3 Å². The minimum atomic E-state index is -0.757. The second-order valence-corrected chi connectivity index (χ2v) is 9.61. The SMILES string of the molecule is CN(Cc1ccccc1C(=O)CCC(=O)c1ccco1)c1ccc(F)c(C(=O)CCC(=O)c2cccs2)n1. The topological polar surface area (TPSA) is 97.5 Å². The van der Waals surface area contributed by atoms with E-state index in [2.05, 4.69) is 4.98 Å². The zero-order valence-electron chi connectivity index (χ0n) is 20.7. The first kappa shape index (κ1) is 26.8. The molecule has 0 bridgehead atoms. The molecule has 0 spiro atoms. The number of nitrogens with zero attached hydrogens (tertiary/aromatic N) is 2. The van der Waals surface area contributed by atoms with Crippen LogP contribution >= 0.6 is 11.3 Å². The van der Waals surface area contributed by atoms with Gasteiger partial charge in [-0.25, -0.2) is 9.37 Å². The number of carbonyl (C=O) groups excluding carboxylic acids is 4. The summed E-state index contributed by atoms with van der Waals surface area (Å²) < 4.78 is 19.6. The normalized spacial score (nSPS) is 10.8. The molecule has 0 saturated carbocycles. The van der Waals surface area contributed by atoms with Crippen LogP contribution in [0.5, 0.6) is 0 Å². The summed E-state index contributed by atoms with van der Waals surface area (Å²) >= 11 is 1.29. The first-order valence-electron chi connectivity index (χ1n) is 12.0. The third kappa shape index (κ3) is 6.54. The number of hydrogen-bond acceptors (Lipinski definition) is 8. The zero-order valence-corrected chi connectivity index (χ0v) is 21.5. The van der Waals surface area contributed by atoms with E-state index >= 15 is 0 Å². The number of carbonyl (C=O) groups is 4. The molecule has 3 aromatic heterocycles. The highest BCUT2D eigenvalue weighted by atomic mass is 32.1. The molecule has 4 aromatic rings. The van der Waals surface area contributed by atoms with Gasteiger partial charge in [-0.15, -0.1) is 11.3 Å². The van der Waals surface area contributed by atoms with Crippen LogP contribution in [0.3, 0.4) is 0 Å². The number of furan rings is 1. The number of anilines is 1. The van der Waals surface area contributed by atoms with E-state index in [9.17, 15) is 23.6 Å². The summed E-state index contributed by atoms with van der Waals surface area (Å²) in [5, 5.41) is 1.78. The van der Waals surface area contributed by atoms with Gasteiger partial charge in [-0.1, -0.05) is 30.3 Å². The Morgan fingerprint density at radius 3 is 2.32 bits per heavy atom. The van der Waals surface area contributed by atoms with E-state index in [1.807, 2.05) is 0 Å².